The van der Waals surface area contributed by atoms with Gasteiger partial charge in [0.15, 0.2) is 11.5 Å². The van der Waals surface area contributed by atoms with E-state index in [2.05, 4.69) is 20.9 Å². The lowest BCUT2D eigenvalue weighted by atomic mass is 10.1. The summed E-state index contributed by atoms with van der Waals surface area (Å²) in [6, 6.07) is 6.74. The Morgan fingerprint density at radius 3 is 2.95 bits per heavy atom. The molecule has 21 heavy (non-hydrogen) atoms. The Morgan fingerprint density at radius 2 is 2.24 bits per heavy atom. The minimum Gasteiger partial charge on any atom is -0.504 e. The molecular weight excluding hydrogens is 354 g/mol. The Hall–Kier alpha value is -1.79. The number of nitrogens with zero attached hydrogens (tertiary/aromatic N) is 1. The average Bonchev–Trinajstić information content (AvgIpc) is 2.79. The largest absolute Gasteiger partial charge is 0.504 e. The van der Waals surface area contributed by atoms with Gasteiger partial charge in [-0.2, -0.15) is 0 Å². The summed E-state index contributed by atoms with van der Waals surface area (Å²) in [5, 5.41) is 10.4. The summed E-state index contributed by atoms with van der Waals surface area (Å²) in [7, 11) is 1.48. The van der Waals surface area contributed by atoms with Gasteiger partial charge in [-0.3, -0.25) is 4.79 Å². The summed E-state index contributed by atoms with van der Waals surface area (Å²) in [6.45, 7) is 0. The maximum absolute atomic E-state index is 12.3. The number of pyridine rings is 1. The number of carbonyl (C=O) groups excluding carboxylic acids is 1. The fourth-order valence-electron chi connectivity index (χ4n) is 2.00. The monoisotopic (exact) mass is 363 g/mol. The number of Topliss-reactive ketones (excluding diaryl/α,β-unsaturated/α-hetero) is 1. The number of allylic oxidation sites excluding steroid dienone is 1. The Morgan fingerprint density at radius 1 is 1.43 bits per heavy atom. The summed E-state index contributed by atoms with van der Waals surface area (Å²) < 4.78 is 5.78. The van der Waals surface area contributed by atoms with Crippen LogP contribution in [-0.2, 0) is 0 Å². The summed E-state index contributed by atoms with van der Waals surface area (Å²) in [6.07, 6.45) is 3.43. The van der Waals surface area contributed by atoms with Crippen LogP contribution in [0.3, 0.4) is 0 Å². The van der Waals surface area contributed by atoms with Crippen molar-refractivity contribution < 1.29 is 14.6 Å². The number of phenolic OH excluding ortho intramolecular Hbond substituents is 1. The lowest BCUT2D eigenvalue weighted by Crippen LogP contribution is -1.94. The van der Waals surface area contributed by atoms with Crippen molar-refractivity contribution in [3.63, 3.8) is 0 Å². The van der Waals surface area contributed by atoms with Gasteiger partial charge in [-0.25, -0.2) is 4.98 Å². The number of fused-ring (bicyclic) bond motifs is 1. The maximum Gasteiger partial charge on any atom is 0.202 e. The Balaban J connectivity index is 2.03. The van der Waals surface area contributed by atoms with E-state index < -0.39 is 0 Å². The SMILES string of the molecule is COc1cc(/C=C2\Sc3ncccc3C2=O)c(Br)cc1O. The van der Waals surface area contributed by atoms with Crippen LogP contribution in [0.2, 0.25) is 0 Å². The van der Waals surface area contributed by atoms with Gasteiger partial charge >= 0.3 is 0 Å². The van der Waals surface area contributed by atoms with E-state index in [1.807, 2.05) is 0 Å². The molecule has 0 radical (unpaired) electrons. The number of aromatic nitrogens is 1. The molecule has 2 heterocycles. The highest BCUT2D eigenvalue weighted by molar-refractivity contribution is 9.10. The van der Waals surface area contributed by atoms with Gasteiger partial charge in [0, 0.05) is 10.7 Å². The van der Waals surface area contributed by atoms with Crippen molar-refractivity contribution in [2.24, 2.45) is 0 Å². The van der Waals surface area contributed by atoms with E-state index in [1.165, 1.54) is 18.9 Å². The molecule has 6 heteroatoms. The Kier molecular flexibility index (Phi) is 3.73. The van der Waals surface area contributed by atoms with Crippen LogP contribution in [0, 0.1) is 0 Å². The molecule has 0 atom stereocenters. The van der Waals surface area contributed by atoms with Crippen molar-refractivity contribution in [2.45, 2.75) is 5.03 Å². The number of rotatable bonds is 2. The van der Waals surface area contributed by atoms with Gasteiger partial charge in [-0.05, 0) is 35.9 Å². The van der Waals surface area contributed by atoms with Crippen LogP contribution in [0.4, 0.5) is 0 Å². The molecule has 1 aliphatic rings. The molecule has 1 aliphatic heterocycles. The van der Waals surface area contributed by atoms with Crippen molar-refractivity contribution in [2.75, 3.05) is 7.11 Å². The summed E-state index contributed by atoms with van der Waals surface area (Å²) in [5.41, 5.74) is 1.38. The fraction of sp³-hybridized carbons (Fsp3) is 0.0667. The zero-order valence-corrected chi connectivity index (χ0v) is 13.4. The van der Waals surface area contributed by atoms with E-state index in [0.29, 0.717) is 20.7 Å². The number of hydrogen-bond donors (Lipinski definition) is 1. The predicted molar refractivity (Wildman–Crippen MR) is 84.8 cm³/mol. The number of halogens is 1. The topological polar surface area (TPSA) is 59.4 Å². The second-order valence-corrected chi connectivity index (χ2v) is 6.23. The minimum atomic E-state index is -0.0398. The van der Waals surface area contributed by atoms with Crippen molar-refractivity contribution in [1.82, 2.24) is 4.98 Å². The number of methoxy groups -OCH3 is 1. The number of thioether (sulfide) groups is 1. The van der Waals surface area contributed by atoms with E-state index >= 15 is 0 Å². The van der Waals surface area contributed by atoms with Crippen LogP contribution >= 0.6 is 27.7 Å². The first-order valence-electron chi connectivity index (χ1n) is 6.06. The molecule has 0 fully saturated rings. The number of aromatic hydroxyl groups is 1. The van der Waals surface area contributed by atoms with Gasteiger partial charge in [0.25, 0.3) is 0 Å². The van der Waals surface area contributed by atoms with Gasteiger partial charge < -0.3 is 9.84 Å². The number of ether oxygens (including phenoxy) is 1. The lowest BCUT2D eigenvalue weighted by molar-refractivity contribution is 0.104. The molecule has 1 aromatic carbocycles. The van der Waals surface area contributed by atoms with E-state index in [1.54, 1.807) is 36.5 Å². The van der Waals surface area contributed by atoms with Gasteiger partial charge in [0.05, 0.1) is 17.6 Å². The van der Waals surface area contributed by atoms with Crippen molar-refractivity contribution in [3.05, 3.63) is 51.0 Å². The van der Waals surface area contributed by atoms with Gasteiger partial charge in [-0.15, -0.1) is 0 Å². The van der Waals surface area contributed by atoms with E-state index in [0.717, 1.165) is 10.6 Å². The third kappa shape index (κ3) is 2.56. The third-order valence-corrected chi connectivity index (χ3v) is 4.76. The van der Waals surface area contributed by atoms with Crippen LogP contribution in [0.5, 0.6) is 11.5 Å². The smallest absolute Gasteiger partial charge is 0.202 e. The van der Waals surface area contributed by atoms with Crippen molar-refractivity contribution >= 4 is 39.6 Å². The molecule has 106 valence electrons. The molecule has 1 aromatic heterocycles. The molecule has 0 spiro atoms. The normalized spacial score (nSPS) is 15.3. The molecule has 3 rings (SSSR count). The van der Waals surface area contributed by atoms with Gasteiger partial charge in [0.1, 0.15) is 5.03 Å². The highest BCUT2D eigenvalue weighted by Crippen LogP contribution is 2.41. The number of benzene rings is 1. The maximum atomic E-state index is 12.3. The third-order valence-electron chi connectivity index (χ3n) is 3.03. The summed E-state index contributed by atoms with van der Waals surface area (Å²) in [5.74, 6) is 0.361. The molecule has 1 N–H and O–H groups in total. The van der Waals surface area contributed by atoms with Crippen LogP contribution in [0.15, 0.2) is 44.9 Å². The quantitative estimate of drug-likeness (QED) is 0.820. The highest BCUT2D eigenvalue weighted by Gasteiger charge is 2.26. The van der Waals surface area contributed by atoms with Gasteiger partial charge in [0.2, 0.25) is 5.78 Å². The molecule has 0 aliphatic carbocycles. The summed E-state index contributed by atoms with van der Waals surface area (Å²) >= 11 is 4.72. The van der Waals surface area contributed by atoms with Crippen LogP contribution < -0.4 is 4.74 Å². The first-order chi connectivity index (χ1) is 10.1. The molecule has 0 unspecified atom stereocenters. The standard InChI is InChI=1S/C15H10BrNO3S/c1-20-12-5-8(10(16)7-11(12)18)6-13-14(19)9-3-2-4-17-15(9)21-13/h2-7,18H,1H3/b13-6-. The van der Waals surface area contributed by atoms with Crippen LogP contribution in [0.25, 0.3) is 6.08 Å². The molecule has 4 nitrogen and oxygen atoms in total. The van der Waals surface area contributed by atoms with Crippen molar-refractivity contribution in [3.8, 4) is 11.5 Å². The molecule has 0 bridgehead atoms. The first-order valence-corrected chi connectivity index (χ1v) is 7.67. The number of carbonyl (C=O) groups is 1. The molecular formula is C15H10BrNO3S. The highest BCUT2D eigenvalue weighted by atomic mass is 79.9. The second-order valence-electron chi connectivity index (χ2n) is 4.34. The number of ketones is 1. The molecule has 0 amide bonds. The second kappa shape index (κ2) is 5.54. The Labute approximate surface area is 134 Å². The minimum absolute atomic E-state index is 0.0398. The van der Waals surface area contributed by atoms with Crippen LogP contribution in [-0.4, -0.2) is 23.0 Å². The lowest BCUT2D eigenvalue weighted by Gasteiger charge is -2.07. The van der Waals surface area contributed by atoms with Crippen molar-refractivity contribution in [1.29, 1.82) is 0 Å². The van der Waals surface area contributed by atoms with E-state index in [4.69, 9.17) is 4.74 Å². The van der Waals surface area contributed by atoms with Crippen LogP contribution in [0.1, 0.15) is 15.9 Å². The molecule has 0 saturated carbocycles. The number of hydrogen-bond acceptors (Lipinski definition) is 5. The summed E-state index contributed by atoms with van der Waals surface area (Å²) in [4.78, 5) is 17.1. The molecule has 2 aromatic rings. The average molecular weight is 364 g/mol. The Bertz CT molecular complexity index is 774. The zero-order chi connectivity index (χ0) is 15.0. The predicted octanol–water partition coefficient (Wildman–Crippen LogP) is 3.89. The van der Waals surface area contributed by atoms with E-state index in [9.17, 15) is 9.90 Å². The fourth-order valence-corrected chi connectivity index (χ4v) is 3.42. The molecule has 0 saturated heterocycles. The first kappa shape index (κ1) is 14.2. The van der Waals surface area contributed by atoms with E-state index in [-0.39, 0.29) is 11.5 Å². The number of phenols is 1. The zero-order valence-electron chi connectivity index (χ0n) is 11.0. The van der Waals surface area contributed by atoms with Gasteiger partial charge in [-0.1, -0.05) is 27.7 Å².